The summed E-state index contributed by atoms with van der Waals surface area (Å²) >= 11 is 0. The van der Waals surface area contributed by atoms with Crippen LogP contribution in [0.15, 0.2) is 31.4 Å². The van der Waals surface area contributed by atoms with Crippen molar-refractivity contribution in [1.29, 1.82) is 0 Å². The minimum absolute atomic E-state index is 1.11. The van der Waals surface area contributed by atoms with E-state index in [0.717, 1.165) is 11.1 Å². The van der Waals surface area contributed by atoms with Crippen molar-refractivity contribution < 1.29 is 0 Å². The van der Waals surface area contributed by atoms with E-state index in [0.29, 0.717) is 0 Å². The molecule has 0 bridgehead atoms. The summed E-state index contributed by atoms with van der Waals surface area (Å²) in [6, 6.07) is 6.37. The van der Waals surface area contributed by atoms with Gasteiger partial charge in [0.1, 0.15) is 0 Å². The lowest BCUT2D eigenvalue weighted by Gasteiger charge is -2.07. The molecule has 0 heteroatoms. The van der Waals surface area contributed by atoms with E-state index in [1.54, 1.807) is 0 Å². The maximum atomic E-state index is 3.94. The minimum atomic E-state index is 1.11. The lowest BCUT2D eigenvalue weighted by molar-refractivity contribution is 0.886. The van der Waals surface area contributed by atoms with E-state index in [2.05, 4.69) is 52.1 Å². The number of aryl methyl sites for hydroxylation is 1. The molecule has 0 aromatic heterocycles. The SMILES string of the molecule is C=C(C)c1ccc(C(=C)C)c(C)c1.CCCC. The standard InChI is InChI=1S/C13H16.C4H10/c1-9(2)12-6-7-13(10(3)4)11(5)8-12;1-3-4-2/h6-8H,1,3H2,2,4-5H3;3-4H2,1-2H3. The van der Waals surface area contributed by atoms with Crippen LogP contribution < -0.4 is 0 Å². The second-order valence-corrected chi connectivity index (χ2v) is 4.59. The Balaban J connectivity index is 0.000000557. The predicted octanol–water partition coefficient (Wildman–Crippen LogP) is 5.87. The smallest absolute Gasteiger partial charge is 0.0204 e. The van der Waals surface area contributed by atoms with Crippen molar-refractivity contribution in [2.24, 2.45) is 0 Å². The average Bonchev–Trinajstić information content (AvgIpc) is 2.28. The maximum absolute atomic E-state index is 3.94. The van der Waals surface area contributed by atoms with E-state index < -0.39 is 0 Å². The Morgan fingerprint density at radius 3 is 1.82 bits per heavy atom. The fourth-order valence-corrected chi connectivity index (χ4v) is 1.41. The fraction of sp³-hybridized carbons (Fsp3) is 0.412. The quantitative estimate of drug-likeness (QED) is 0.609. The molecule has 0 saturated carbocycles. The molecule has 0 atom stereocenters. The van der Waals surface area contributed by atoms with Gasteiger partial charge in [0.25, 0.3) is 0 Å². The molecule has 1 rings (SSSR count). The monoisotopic (exact) mass is 230 g/mol. The average molecular weight is 230 g/mol. The summed E-state index contributed by atoms with van der Waals surface area (Å²) in [4.78, 5) is 0. The second kappa shape index (κ2) is 7.89. The summed E-state index contributed by atoms with van der Waals surface area (Å²) in [6.45, 7) is 18.4. The van der Waals surface area contributed by atoms with E-state index in [9.17, 15) is 0 Å². The zero-order valence-electron chi connectivity index (χ0n) is 12.1. The number of allylic oxidation sites excluding steroid dienone is 2. The van der Waals surface area contributed by atoms with Crippen LogP contribution in [0.4, 0.5) is 0 Å². The van der Waals surface area contributed by atoms with Gasteiger partial charge in [-0.25, -0.2) is 0 Å². The number of unbranched alkanes of at least 4 members (excludes halogenated alkanes) is 1. The second-order valence-electron chi connectivity index (χ2n) is 4.59. The summed E-state index contributed by atoms with van der Waals surface area (Å²) in [7, 11) is 0. The van der Waals surface area contributed by atoms with Crippen molar-refractivity contribution in [3.05, 3.63) is 48.0 Å². The molecule has 94 valence electrons. The molecule has 0 aliphatic heterocycles. The van der Waals surface area contributed by atoms with Crippen LogP contribution in [0.1, 0.15) is 57.2 Å². The highest BCUT2D eigenvalue weighted by Crippen LogP contribution is 2.21. The predicted molar refractivity (Wildman–Crippen MR) is 81.2 cm³/mol. The van der Waals surface area contributed by atoms with Crippen LogP contribution in [0, 0.1) is 6.92 Å². The first-order valence-corrected chi connectivity index (χ1v) is 6.36. The third kappa shape index (κ3) is 5.53. The molecule has 0 nitrogen and oxygen atoms in total. The normalized spacial score (nSPS) is 9.24. The lowest BCUT2D eigenvalue weighted by atomic mass is 9.98. The number of benzene rings is 1. The van der Waals surface area contributed by atoms with Crippen LogP contribution in [0.5, 0.6) is 0 Å². The highest BCUT2D eigenvalue weighted by atomic mass is 14.1. The number of rotatable bonds is 3. The molecule has 0 fully saturated rings. The van der Waals surface area contributed by atoms with Crippen molar-refractivity contribution in [2.45, 2.75) is 47.5 Å². The molecule has 0 saturated heterocycles. The van der Waals surface area contributed by atoms with Gasteiger partial charge in [0.05, 0.1) is 0 Å². The summed E-state index contributed by atoms with van der Waals surface area (Å²) in [6.07, 6.45) is 2.64. The van der Waals surface area contributed by atoms with Gasteiger partial charge in [-0.3, -0.25) is 0 Å². The molecular formula is C17H26. The van der Waals surface area contributed by atoms with E-state index in [1.165, 1.54) is 29.5 Å². The fourth-order valence-electron chi connectivity index (χ4n) is 1.41. The first kappa shape index (κ1) is 15.7. The first-order valence-electron chi connectivity index (χ1n) is 6.36. The Kier molecular flexibility index (Phi) is 7.29. The topological polar surface area (TPSA) is 0 Å². The van der Waals surface area contributed by atoms with Crippen LogP contribution in [0.2, 0.25) is 0 Å². The zero-order chi connectivity index (χ0) is 13.4. The van der Waals surface area contributed by atoms with Crippen LogP contribution in [-0.2, 0) is 0 Å². The molecule has 0 aliphatic carbocycles. The molecule has 1 aromatic rings. The molecule has 0 radical (unpaired) electrons. The van der Waals surface area contributed by atoms with E-state index in [-0.39, 0.29) is 0 Å². The summed E-state index contributed by atoms with van der Waals surface area (Å²) in [5.41, 5.74) is 5.95. The molecule has 1 aromatic carbocycles. The van der Waals surface area contributed by atoms with Gasteiger partial charge in [-0.2, -0.15) is 0 Å². The third-order valence-corrected chi connectivity index (χ3v) is 2.68. The van der Waals surface area contributed by atoms with Crippen LogP contribution in [0.3, 0.4) is 0 Å². The molecule has 17 heavy (non-hydrogen) atoms. The Hall–Kier alpha value is -1.30. The van der Waals surface area contributed by atoms with Gasteiger partial charge in [-0.1, -0.05) is 69.2 Å². The van der Waals surface area contributed by atoms with Crippen LogP contribution in [-0.4, -0.2) is 0 Å². The molecule has 0 amide bonds. The number of hydrogen-bond donors (Lipinski definition) is 0. The van der Waals surface area contributed by atoms with Crippen molar-refractivity contribution in [3.63, 3.8) is 0 Å². The molecule has 0 aliphatic rings. The molecule has 0 N–H and O–H groups in total. The van der Waals surface area contributed by atoms with Crippen LogP contribution in [0.25, 0.3) is 11.1 Å². The Morgan fingerprint density at radius 1 is 1.00 bits per heavy atom. The van der Waals surface area contributed by atoms with Gasteiger partial charge in [0, 0.05) is 0 Å². The summed E-state index contributed by atoms with van der Waals surface area (Å²) < 4.78 is 0. The summed E-state index contributed by atoms with van der Waals surface area (Å²) in [5.74, 6) is 0. The van der Waals surface area contributed by atoms with E-state index >= 15 is 0 Å². The van der Waals surface area contributed by atoms with Crippen LogP contribution >= 0.6 is 0 Å². The van der Waals surface area contributed by atoms with Crippen molar-refractivity contribution in [3.8, 4) is 0 Å². The molecule has 0 heterocycles. The van der Waals surface area contributed by atoms with Crippen molar-refractivity contribution in [2.75, 3.05) is 0 Å². The Bertz CT molecular complexity index is 381. The van der Waals surface area contributed by atoms with Gasteiger partial charge >= 0.3 is 0 Å². The zero-order valence-corrected chi connectivity index (χ0v) is 12.1. The molecule has 0 spiro atoms. The van der Waals surface area contributed by atoms with Gasteiger partial charge in [-0.05, 0) is 37.5 Å². The first-order chi connectivity index (χ1) is 7.93. The summed E-state index contributed by atoms with van der Waals surface area (Å²) in [5, 5.41) is 0. The van der Waals surface area contributed by atoms with E-state index in [1.807, 2.05) is 13.8 Å². The van der Waals surface area contributed by atoms with Gasteiger partial charge in [0.2, 0.25) is 0 Å². The van der Waals surface area contributed by atoms with Gasteiger partial charge in [0.15, 0.2) is 0 Å². The van der Waals surface area contributed by atoms with E-state index in [4.69, 9.17) is 0 Å². The third-order valence-electron chi connectivity index (χ3n) is 2.68. The maximum Gasteiger partial charge on any atom is -0.0204 e. The Morgan fingerprint density at radius 2 is 1.53 bits per heavy atom. The molecular weight excluding hydrogens is 204 g/mol. The Labute approximate surface area is 107 Å². The van der Waals surface area contributed by atoms with Gasteiger partial charge in [-0.15, -0.1) is 0 Å². The lowest BCUT2D eigenvalue weighted by Crippen LogP contribution is -1.87. The highest BCUT2D eigenvalue weighted by Gasteiger charge is 2.00. The molecule has 0 unspecified atom stereocenters. The van der Waals surface area contributed by atoms with Crippen molar-refractivity contribution >= 4 is 11.1 Å². The minimum Gasteiger partial charge on any atom is -0.0955 e. The highest BCUT2D eigenvalue weighted by molar-refractivity contribution is 5.69. The van der Waals surface area contributed by atoms with Gasteiger partial charge < -0.3 is 0 Å². The largest absolute Gasteiger partial charge is 0.0955 e. The van der Waals surface area contributed by atoms with Crippen molar-refractivity contribution in [1.82, 2.24) is 0 Å². The number of hydrogen-bond acceptors (Lipinski definition) is 0.